The van der Waals surface area contributed by atoms with Gasteiger partial charge in [0.15, 0.2) is 0 Å². The third-order valence-electron chi connectivity index (χ3n) is 3.18. The second kappa shape index (κ2) is 3.06. The van der Waals surface area contributed by atoms with Crippen molar-refractivity contribution in [3.05, 3.63) is 0 Å². The van der Waals surface area contributed by atoms with Gasteiger partial charge < -0.3 is 4.90 Å². The topological polar surface area (TPSA) is 6.48 Å². The average molecular weight is 284 g/mol. The second-order valence-electron chi connectivity index (χ2n) is 4.08. The fraction of sp³-hybridized carbons (Fsp3) is 1.00. The van der Waals surface area contributed by atoms with Gasteiger partial charge in [0.1, 0.15) is 6.67 Å². The normalized spacial score (nSPS) is 35.8. The highest BCUT2D eigenvalue weighted by Crippen LogP contribution is 2.45. The Hall–Kier alpha value is 0.580. The molecule has 2 aliphatic rings. The summed E-state index contributed by atoms with van der Waals surface area (Å²) in [5.74, 6) is 0. The molecular formula is C8H14FIN2. The van der Waals surface area contributed by atoms with E-state index in [9.17, 15) is 4.39 Å². The molecule has 0 radical (unpaired) electrons. The third kappa shape index (κ3) is 1.19. The van der Waals surface area contributed by atoms with E-state index in [0.29, 0.717) is 5.41 Å². The average Bonchev–Trinajstić information content (AvgIpc) is 2.27. The summed E-state index contributed by atoms with van der Waals surface area (Å²) in [6, 6.07) is 0.175. The lowest BCUT2D eigenvalue weighted by Crippen LogP contribution is -2.59. The Kier molecular flexibility index (Phi) is 2.33. The van der Waals surface area contributed by atoms with Gasteiger partial charge in [0.2, 0.25) is 0 Å². The van der Waals surface area contributed by atoms with Crippen molar-refractivity contribution >= 4 is 22.9 Å². The number of likely N-dealkylation sites (tertiary alicyclic amines) is 1. The Morgan fingerprint density at radius 1 is 1.58 bits per heavy atom. The predicted molar refractivity (Wildman–Crippen MR) is 55.0 cm³/mol. The zero-order valence-electron chi connectivity index (χ0n) is 7.26. The van der Waals surface area contributed by atoms with Crippen LogP contribution in [0.4, 0.5) is 4.39 Å². The molecule has 0 aromatic heterocycles. The van der Waals surface area contributed by atoms with Crippen LogP contribution in [-0.2, 0) is 0 Å². The van der Waals surface area contributed by atoms with Crippen LogP contribution in [0.1, 0.15) is 6.42 Å². The molecule has 2 saturated heterocycles. The van der Waals surface area contributed by atoms with Crippen LogP contribution >= 0.6 is 22.9 Å². The van der Waals surface area contributed by atoms with Crippen LogP contribution in [0.25, 0.3) is 0 Å². The van der Waals surface area contributed by atoms with Gasteiger partial charge in [-0.05, 0) is 13.5 Å². The highest BCUT2D eigenvalue weighted by atomic mass is 127. The van der Waals surface area contributed by atoms with Gasteiger partial charge in [0, 0.05) is 47.9 Å². The van der Waals surface area contributed by atoms with Crippen LogP contribution < -0.4 is 0 Å². The molecule has 2 nitrogen and oxygen atoms in total. The summed E-state index contributed by atoms with van der Waals surface area (Å²) in [4.78, 5) is 2.28. The first kappa shape index (κ1) is 9.15. The van der Waals surface area contributed by atoms with Crippen LogP contribution in [0.3, 0.4) is 0 Å². The standard InChI is InChI=1S/C8H14FIN2/c1-11-5-8(6-11)2-3-12(10)7(8)4-9/h7H,2-6H2,1H3/t7-/m1/s1. The fourth-order valence-electron chi connectivity index (χ4n) is 2.59. The highest BCUT2D eigenvalue weighted by molar-refractivity contribution is 14.1. The lowest BCUT2D eigenvalue weighted by atomic mass is 9.74. The number of rotatable bonds is 1. The highest BCUT2D eigenvalue weighted by Gasteiger charge is 2.52. The van der Waals surface area contributed by atoms with Gasteiger partial charge in [0.25, 0.3) is 0 Å². The van der Waals surface area contributed by atoms with Crippen LogP contribution in [0.5, 0.6) is 0 Å². The summed E-state index contributed by atoms with van der Waals surface area (Å²) < 4.78 is 14.9. The smallest absolute Gasteiger partial charge is 0.106 e. The van der Waals surface area contributed by atoms with Crippen molar-refractivity contribution in [2.45, 2.75) is 12.5 Å². The summed E-state index contributed by atoms with van der Waals surface area (Å²) in [5, 5.41) is 0. The summed E-state index contributed by atoms with van der Waals surface area (Å²) in [5.41, 5.74) is 0.296. The quantitative estimate of drug-likeness (QED) is 0.529. The van der Waals surface area contributed by atoms with Crippen LogP contribution in [0, 0.1) is 5.41 Å². The lowest BCUT2D eigenvalue weighted by molar-refractivity contribution is -0.00227. The number of alkyl halides is 1. The molecule has 1 atom stereocenters. The number of nitrogens with zero attached hydrogens (tertiary/aromatic N) is 2. The first-order valence-electron chi connectivity index (χ1n) is 4.35. The molecule has 12 heavy (non-hydrogen) atoms. The summed E-state index contributed by atoms with van der Waals surface area (Å²) >= 11 is 2.26. The predicted octanol–water partition coefficient (Wildman–Crippen LogP) is 1.31. The van der Waals surface area contributed by atoms with Crippen molar-refractivity contribution < 1.29 is 4.39 Å². The van der Waals surface area contributed by atoms with E-state index in [0.717, 1.165) is 19.6 Å². The molecule has 0 saturated carbocycles. The Balaban J connectivity index is 2.07. The summed E-state index contributed by atoms with van der Waals surface area (Å²) in [6.45, 7) is 3.04. The second-order valence-corrected chi connectivity index (χ2v) is 5.32. The first-order chi connectivity index (χ1) is 5.68. The minimum Gasteiger partial charge on any atom is -0.305 e. The van der Waals surface area contributed by atoms with E-state index in [1.807, 2.05) is 0 Å². The third-order valence-corrected chi connectivity index (χ3v) is 4.34. The zero-order chi connectivity index (χ0) is 8.77. The molecule has 2 aliphatic heterocycles. The molecule has 0 aromatic rings. The summed E-state index contributed by atoms with van der Waals surface area (Å²) in [7, 11) is 2.11. The molecule has 0 N–H and O–H groups in total. The van der Waals surface area contributed by atoms with E-state index >= 15 is 0 Å². The lowest BCUT2D eigenvalue weighted by Gasteiger charge is -2.49. The molecule has 0 unspecified atom stereocenters. The van der Waals surface area contributed by atoms with Crippen LogP contribution in [0.2, 0.25) is 0 Å². The Morgan fingerprint density at radius 3 is 2.75 bits per heavy atom. The largest absolute Gasteiger partial charge is 0.305 e. The minimum atomic E-state index is -0.184. The van der Waals surface area contributed by atoms with Gasteiger partial charge in [-0.2, -0.15) is 0 Å². The number of halogens is 2. The van der Waals surface area contributed by atoms with E-state index in [2.05, 4.69) is 37.9 Å². The van der Waals surface area contributed by atoms with E-state index in [4.69, 9.17) is 0 Å². The zero-order valence-corrected chi connectivity index (χ0v) is 9.42. The van der Waals surface area contributed by atoms with Gasteiger partial charge in [-0.25, -0.2) is 7.50 Å². The monoisotopic (exact) mass is 284 g/mol. The van der Waals surface area contributed by atoms with Crippen LogP contribution in [-0.4, -0.2) is 47.4 Å². The number of hydrogen-bond acceptors (Lipinski definition) is 2. The maximum atomic E-state index is 12.7. The number of hydrogen-bond donors (Lipinski definition) is 0. The maximum Gasteiger partial charge on any atom is 0.106 e. The molecule has 70 valence electrons. The van der Waals surface area contributed by atoms with E-state index < -0.39 is 0 Å². The Bertz CT molecular complexity index is 176. The van der Waals surface area contributed by atoms with E-state index in [1.165, 1.54) is 6.42 Å². The van der Waals surface area contributed by atoms with Crippen molar-refractivity contribution in [1.82, 2.24) is 8.01 Å². The van der Waals surface area contributed by atoms with Crippen molar-refractivity contribution in [3.63, 3.8) is 0 Å². The van der Waals surface area contributed by atoms with Crippen molar-refractivity contribution in [2.24, 2.45) is 5.41 Å². The summed E-state index contributed by atoms with van der Waals surface area (Å²) in [6.07, 6.45) is 1.18. The molecule has 4 heteroatoms. The van der Waals surface area contributed by atoms with E-state index in [1.54, 1.807) is 0 Å². The molecule has 2 fully saturated rings. The maximum absolute atomic E-state index is 12.7. The molecule has 2 rings (SSSR count). The minimum absolute atomic E-state index is 0.175. The van der Waals surface area contributed by atoms with Crippen LogP contribution in [0.15, 0.2) is 0 Å². The van der Waals surface area contributed by atoms with Gasteiger partial charge in [-0.3, -0.25) is 0 Å². The molecule has 0 aliphatic carbocycles. The molecule has 2 heterocycles. The molecular weight excluding hydrogens is 270 g/mol. The molecule has 0 aromatic carbocycles. The Morgan fingerprint density at radius 2 is 2.25 bits per heavy atom. The van der Waals surface area contributed by atoms with Crippen molar-refractivity contribution in [3.8, 4) is 0 Å². The first-order valence-corrected chi connectivity index (χ1v) is 5.31. The van der Waals surface area contributed by atoms with Crippen molar-refractivity contribution in [1.29, 1.82) is 0 Å². The van der Waals surface area contributed by atoms with Gasteiger partial charge >= 0.3 is 0 Å². The van der Waals surface area contributed by atoms with Gasteiger partial charge in [-0.1, -0.05) is 0 Å². The van der Waals surface area contributed by atoms with Crippen molar-refractivity contribution in [2.75, 3.05) is 33.4 Å². The van der Waals surface area contributed by atoms with Gasteiger partial charge in [0.05, 0.1) is 6.04 Å². The molecule has 1 spiro atoms. The molecule has 0 amide bonds. The van der Waals surface area contributed by atoms with E-state index in [-0.39, 0.29) is 12.7 Å². The SMILES string of the molecule is CN1CC2(CCN(I)[C@@H]2CF)C1. The fourth-order valence-corrected chi connectivity index (χ4v) is 3.57. The Labute approximate surface area is 86.6 Å². The molecule has 0 bridgehead atoms. The van der Waals surface area contributed by atoms with Gasteiger partial charge in [-0.15, -0.1) is 0 Å².